The minimum Gasteiger partial charge on any atom is -0.313 e. The molecule has 1 atom stereocenters. The molecule has 1 aromatic carbocycles. The van der Waals surface area contributed by atoms with Crippen molar-refractivity contribution in [3.8, 4) is 0 Å². The molecule has 0 radical (unpaired) electrons. The first kappa shape index (κ1) is 13.5. The zero-order valence-corrected chi connectivity index (χ0v) is 11.7. The third-order valence-electron chi connectivity index (χ3n) is 2.72. The molecule has 0 spiro atoms. The van der Waals surface area contributed by atoms with Crippen LogP contribution < -0.4 is 5.32 Å². The Labute approximate surface area is 107 Å². The Morgan fingerprint density at radius 1 is 1.44 bits per heavy atom. The quantitative estimate of drug-likeness (QED) is 0.603. The van der Waals surface area contributed by atoms with Gasteiger partial charge in [-0.25, -0.2) is 0 Å². The number of unbranched alkanes of at least 4 members (excludes halogenated alkanes) is 1. The molecular weight excluding hydrogens is 262 g/mol. The topological polar surface area (TPSA) is 12.0 Å². The van der Waals surface area contributed by atoms with Crippen LogP contribution in [0.15, 0.2) is 35.3 Å². The highest BCUT2D eigenvalue weighted by Crippen LogP contribution is 2.24. The van der Waals surface area contributed by atoms with Gasteiger partial charge in [0.05, 0.1) is 0 Å². The Hall–Kier alpha value is -0.600. The number of nitrogens with one attached hydrogen (secondary N) is 1. The van der Waals surface area contributed by atoms with Crippen molar-refractivity contribution in [1.82, 2.24) is 5.32 Å². The molecule has 0 amide bonds. The lowest BCUT2D eigenvalue weighted by Gasteiger charge is -2.17. The average Bonchev–Trinajstić information content (AvgIpc) is 2.23. The second-order valence-electron chi connectivity index (χ2n) is 4.12. The Bertz CT molecular complexity index is 326. The van der Waals surface area contributed by atoms with E-state index in [1.165, 1.54) is 17.5 Å². The summed E-state index contributed by atoms with van der Waals surface area (Å²) in [6.07, 6.45) is 5.41. The average molecular weight is 282 g/mol. The summed E-state index contributed by atoms with van der Waals surface area (Å²) >= 11 is 3.55. The molecule has 0 aromatic heterocycles. The van der Waals surface area contributed by atoms with E-state index in [9.17, 15) is 0 Å². The van der Waals surface area contributed by atoms with Crippen molar-refractivity contribution in [3.05, 3.63) is 46.5 Å². The molecule has 16 heavy (non-hydrogen) atoms. The standard InChI is InChI=1S/C14H20BrN/c1-4-5-6-7-14(16-3)12-8-11(2)9-13(15)10-12/h4,8-10,14,16H,1,5-7H2,2-3H3. The lowest BCUT2D eigenvalue weighted by atomic mass is 9.99. The van der Waals surface area contributed by atoms with Crippen molar-refractivity contribution < 1.29 is 0 Å². The molecule has 0 heterocycles. The molecule has 0 saturated heterocycles. The summed E-state index contributed by atoms with van der Waals surface area (Å²) in [4.78, 5) is 0. The highest BCUT2D eigenvalue weighted by Gasteiger charge is 2.09. The first-order chi connectivity index (χ1) is 7.67. The second-order valence-corrected chi connectivity index (χ2v) is 5.04. The normalized spacial score (nSPS) is 12.4. The minimum absolute atomic E-state index is 0.441. The summed E-state index contributed by atoms with van der Waals surface area (Å²) in [5, 5.41) is 3.38. The number of rotatable bonds is 6. The van der Waals surface area contributed by atoms with Gasteiger partial charge in [-0.1, -0.05) is 28.1 Å². The molecule has 1 N–H and O–H groups in total. The summed E-state index contributed by atoms with van der Waals surface area (Å²) in [7, 11) is 2.02. The van der Waals surface area contributed by atoms with Crippen molar-refractivity contribution in [3.63, 3.8) is 0 Å². The zero-order chi connectivity index (χ0) is 12.0. The number of hydrogen-bond donors (Lipinski definition) is 1. The lowest BCUT2D eigenvalue weighted by Crippen LogP contribution is -2.16. The predicted molar refractivity (Wildman–Crippen MR) is 74.7 cm³/mol. The monoisotopic (exact) mass is 281 g/mol. The van der Waals surface area contributed by atoms with E-state index in [0.29, 0.717) is 6.04 Å². The van der Waals surface area contributed by atoms with Crippen LogP contribution in [0.25, 0.3) is 0 Å². The van der Waals surface area contributed by atoms with Gasteiger partial charge in [-0.2, -0.15) is 0 Å². The van der Waals surface area contributed by atoms with Gasteiger partial charge in [0.2, 0.25) is 0 Å². The fraction of sp³-hybridized carbons (Fsp3) is 0.429. The van der Waals surface area contributed by atoms with E-state index in [1.807, 2.05) is 13.1 Å². The second kappa shape index (κ2) is 6.87. The van der Waals surface area contributed by atoms with Crippen LogP contribution in [0.3, 0.4) is 0 Å². The molecule has 0 aliphatic carbocycles. The fourth-order valence-corrected chi connectivity index (χ4v) is 2.54. The van der Waals surface area contributed by atoms with E-state index in [0.717, 1.165) is 17.3 Å². The van der Waals surface area contributed by atoms with Crippen LogP contribution in [-0.4, -0.2) is 7.05 Å². The van der Waals surface area contributed by atoms with Gasteiger partial charge in [-0.15, -0.1) is 6.58 Å². The first-order valence-electron chi connectivity index (χ1n) is 5.72. The third-order valence-corrected chi connectivity index (χ3v) is 3.17. The number of allylic oxidation sites excluding steroid dienone is 1. The van der Waals surface area contributed by atoms with Crippen molar-refractivity contribution in [2.45, 2.75) is 32.2 Å². The summed E-state index contributed by atoms with van der Waals surface area (Å²) in [6, 6.07) is 7.03. The van der Waals surface area contributed by atoms with Crippen LogP contribution in [0, 0.1) is 6.92 Å². The number of benzene rings is 1. The highest BCUT2D eigenvalue weighted by atomic mass is 79.9. The van der Waals surface area contributed by atoms with E-state index < -0.39 is 0 Å². The van der Waals surface area contributed by atoms with Gasteiger partial charge < -0.3 is 5.32 Å². The zero-order valence-electron chi connectivity index (χ0n) is 10.1. The summed E-state index contributed by atoms with van der Waals surface area (Å²) < 4.78 is 1.16. The summed E-state index contributed by atoms with van der Waals surface area (Å²) in [6.45, 7) is 5.89. The first-order valence-corrected chi connectivity index (χ1v) is 6.52. The van der Waals surface area contributed by atoms with Gasteiger partial charge >= 0.3 is 0 Å². The maximum atomic E-state index is 3.76. The Morgan fingerprint density at radius 3 is 2.75 bits per heavy atom. The minimum atomic E-state index is 0.441. The molecule has 0 aliphatic rings. The van der Waals surface area contributed by atoms with Crippen molar-refractivity contribution >= 4 is 15.9 Å². The van der Waals surface area contributed by atoms with Gasteiger partial charge in [-0.05, 0) is 56.5 Å². The fourth-order valence-electron chi connectivity index (χ4n) is 1.91. The number of halogens is 1. The van der Waals surface area contributed by atoms with E-state index in [-0.39, 0.29) is 0 Å². The van der Waals surface area contributed by atoms with Crippen molar-refractivity contribution in [2.75, 3.05) is 7.05 Å². The molecule has 0 fully saturated rings. The molecule has 1 unspecified atom stereocenters. The molecule has 0 bridgehead atoms. The highest BCUT2D eigenvalue weighted by molar-refractivity contribution is 9.10. The molecular formula is C14H20BrN. The SMILES string of the molecule is C=CCCCC(NC)c1cc(C)cc(Br)c1. The number of aryl methyl sites for hydroxylation is 1. The van der Waals surface area contributed by atoms with Crippen LogP contribution in [-0.2, 0) is 0 Å². The molecule has 1 aromatic rings. The Balaban J connectivity index is 2.73. The van der Waals surface area contributed by atoms with Crippen molar-refractivity contribution in [2.24, 2.45) is 0 Å². The van der Waals surface area contributed by atoms with E-state index in [1.54, 1.807) is 0 Å². The summed E-state index contributed by atoms with van der Waals surface area (Å²) in [5.41, 5.74) is 2.66. The van der Waals surface area contributed by atoms with Crippen LogP contribution in [0.1, 0.15) is 36.4 Å². The van der Waals surface area contributed by atoms with Crippen LogP contribution in [0.4, 0.5) is 0 Å². The largest absolute Gasteiger partial charge is 0.313 e. The Kier molecular flexibility index (Phi) is 5.78. The molecule has 1 rings (SSSR count). The number of hydrogen-bond acceptors (Lipinski definition) is 1. The molecule has 1 nitrogen and oxygen atoms in total. The van der Waals surface area contributed by atoms with Gasteiger partial charge in [0.1, 0.15) is 0 Å². The van der Waals surface area contributed by atoms with Crippen molar-refractivity contribution in [1.29, 1.82) is 0 Å². The van der Waals surface area contributed by atoms with E-state index >= 15 is 0 Å². The third kappa shape index (κ3) is 4.11. The molecule has 88 valence electrons. The summed E-state index contributed by atoms with van der Waals surface area (Å²) in [5.74, 6) is 0. The van der Waals surface area contributed by atoms with Gasteiger partial charge in [0.15, 0.2) is 0 Å². The van der Waals surface area contributed by atoms with Gasteiger partial charge in [-0.3, -0.25) is 0 Å². The van der Waals surface area contributed by atoms with E-state index in [4.69, 9.17) is 0 Å². The van der Waals surface area contributed by atoms with Crippen LogP contribution >= 0.6 is 15.9 Å². The predicted octanol–water partition coefficient (Wildman–Crippen LogP) is 4.37. The van der Waals surface area contributed by atoms with E-state index in [2.05, 4.69) is 52.9 Å². The van der Waals surface area contributed by atoms with Gasteiger partial charge in [0, 0.05) is 10.5 Å². The van der Waals surface area contributed by atoms with Crippen LogP contribution in [0.5, 0.6) is 0 Å². The maximum absolute atomic E-state index is 3.76. The lowest BCUT2D eigenvalue weighted by molar-refractivity contribution is 0.529. The molecule has 0 aliphatic heterocycles. The van der Waals surface area contributed by atoms with Gasteiger partial charge in [0.25, 0.3) is 0 Å². The Morgan fingerprint density at radius 2 is 2.19 bits per heavy atom. The molecule has 0 saturated carbocycles. The molecule has 2 heteroatoms. The van der Waals surface area contributed by atoms with Crippen LogP contribution in [0.2, 0.25) is 0 Å². The smallest absolute Gasteiger partial charge is 0.0318 e. The maximum Gasteiger partial charge on any atom is 0.0318 e.